The van der Waals surface area contributed by atoms with E-state index in [4.69, 9.17) is 14.9 Å². The molecule has 0 aliphatic rings. The Labute approximate surface area is 89.2 Å². The van der Waals surface area contributed by atoms with Gasteiger partial charge in [0.15, 0.2) is 0 Å². The summed E-state index contributed by atoms with van der Waals surface area (Å²) in [6, 6.07) is 0.548. The maximum absolute atomic E-state index is 5.36. The molecule has 0 spiro atoms. The second kappa shape index (κ2) is 5.67. The molecule has 0 fully saturated rings. The molecular weight excluding hydrogens is 196 g/mol. The average molecular weight is 214 g/mol. The molecule has 1 unspecified atom stereocenters. The van der Waals surface area contributed by atoms with E-state index < -0.39 is 0 Å². The standard InChI is InChI=1S/C9H18N4O2/c1-6(2)7(5-14-3)11-9-13-12-8(4-10)15-9/h6-7H,4-5,10H2,1-3H3,(H,11,13). The van der Waals surface area contributed by atoms with Crippen molar-refractivity contribution in [3.05, 3.63) is 5.89 Å². The molecule has 0 radical (unpaired) electrons. The summed E-state index contributed by atoms with van der Waals surface area (Å²) >= 11 is 0. The van der Waals surface area contributed by atoms with Gasteiger partial charge in [0.2, 0.25) is 5.89 Å². The number of ether oxygens (including phenoxy) is 1. The van der Waals surface area contributed by atoms with E-state index in [1.54, 1.807) is 7.11 Å². The molecule has 0 bridgehead atoms. The molecule has 0 saturated carbocycles. The predicted octanol–water partition coefficient (Wildman–Crippen LogP) is 0.611. The summed E-state index contributed by atoms with van der Waals surface area (Å²) in [6.07, 6.45) is 0. The highest BCUT2D eigenvalue weighted by molar-refractivity contribution is 5.19. The molecule has 6 heteroatoms. The van der Waals surface area contributed by atoms with Crippen LogP contribution >= 0.6 is 0 Å². The second-order valence-electron chi connectivity index (χ2n) is 3.66. The molecule has 0 saturated heterocycles. The van der Waals surface area contributed by atoms with Crippen molar-refractivity contribution in [2.45, 2.75) is 26.4 Å². The maximum atomic E-state index is 5.36. The van der Waals surface area contributed by atoms with Crippen molar-refractivity contribution in [1.82, 2.24) is 10.2 Å². The molecule has 0 aromatic carbocycles. The number of methoxy groups -OCH3 is 1. The van der Waals surface area contributed by atoms with E-state index in [9.17, 15) is 0 Å². The minimum atomic E-state index is 0.154. The van der Waals surface area contributed by atoms with Gasteiger partial charge in [-0.1, -0.05) is 18.9 Å². The zero-order valence-corrected chi connectivity index (χ0v) is 9.36. The van der Waals surface area contributed by atoms with Gasteiger partial charge < -0.3 is 20.2 Å². The minimum absolute atomic E-state index is 0.154. The Kier molecular flexibility index (Phi) is 4.51. The first-order valence-electron chi connectivity index (χ1n) is 4.95. The van der Waals surface area contributed by atoms with E-state index in [-0.39, 0.29) is 12.6 Å². The molecule has 1 aromatic rings. The Morgan fingerprint density at radius 2 is 2.20 bits per heavy atom. The third-order valence-electron chi connectivity index (χ3n) is 2.10. The molecule has 1 atom stereocenters. The number of anilines is 1. The molecule has 0 aliphatic heterocycles. The van der Waals surface area contributed by atoms with Gasteiger partial charge in [0.05, 0.1) is 19.2 Å². The fraction of sp³-hybridized carbons (Fsp3) is 0.778. The Balaban J connectivity index is 2.57. The normalized spacial score (nSPS) is 13.1. The number of nitrogens with two attached hydrogens (primary N) is 1. The van der Waals surface area contributed by atoms with E-state index in [0.29, 0.717) is 24.4 Å². The first-order valence-corrected chi connectivity index (χ1v) is 4.95. The lowest BCUT2D eigenvalue weighted by Crippen LogP contribution is -2.30. The van der Waals surface area contributed by atoms with Gasteiger partial charge in [0, 0.05) is 7.11 Å². The topological polar surface area (TPSA) is 86.2 Å². The highest BCUT2D eigenvalue weighted by Crippen LogP contribution is 2.11. The fourth-order valence-electron chi connectivity index (χ4n) is 1.13. The predicted molar refractivity (Wildman–Crippen MR) is 56.3 cm³/mol. The quantitative estimate of drug-likeness (QED) is 0.721. The summed E-state index contributed by atoms with van der Waals surface area (Å²) in [7, 11) is 1.66. The van der Waals surface area contributed by atoms with Crippen LogP contribution in [0.5, 0.6) is 0 Å². The van der Waals surface area contributed by atoms with Crippen molar-refractivity contribution in [2.75, 3.05) is 19.0 Å². The number of aromatic nitrogens is 2. The van der Waals surface area contributed by atoms with E-state index in [2.05, 4.69) is 29.4 Å². The van der Waals surface area contributed by atoms with Gasteiger partial charge in [0.25, 0.3) is 0 Å². The van der Waals surface area contributed by atoms with Gasteiger partial charge in [-0.15, -0.1) is 5.10 Å². The zero-order valence-electron chi connectivity index (χ0n) is 9.36. The van der Waals surface area contributed by atoms with Gasteiger partial charge in [-0.3, -0.25) is 0 Å². The van der Waals surface area contributed by atoms with Crippen LogP contribution in [0.15, 0.2) is 4.42 Å². The highest BCUT2D eigenvalue weighted by Gasteiger charge is 2.15. The lowest BCUT2D eigenvalue weighted by Gasteiger charge is -2.19. The number of nitrogens with zero attached hydrogens (tertiary/aromatic N) is 2. The monoisotopic (exact) mass is 214 g/mol. The molecule has 3 N–H and O–H groups in total. The van der Waals surface area contributed by atoms with Crippen LogP contribution in [-0.2, 0) is 11.3 Å². The van der Waals surface area contributed by atoms with Gasteiger partial charge in [-0.05, 0) is 5.92 Å². The van der Waals surface area contributed by atoms with Gasteiger partial charge >= 0.3 is 6.01 Å². The lowest BCUT2D eigenvalue weighted by molar-refractivity contribution is 0.170. The van der Waals surface area contributed by atoms with Crippen molar-refractivity contribution < 1.29 is 9.15 Å². The lowest BCUT2D eigenvalue weighted by atomic mass is 10.1. The van der Waals surface area contributed by atoms with Crippen LogP contribution in [0.1, 0.15) is 19.7 Å². The van der Waals surface area contributed by atoms with Crippen molar-refractivity contribution in [3.63, 3.8) is 0 Å². The zero-order chi connectivity index (χ0) is 11.3. The van der Waals surface area contributed by atoms with Crippen LogP contribution < -0.4 is 11.1 Å². The molecule has 1 rings (SSSR count). The highest BCUT2D eigenvalue weighted by atomic mass is 16.5. The van der Waals surface area contributed by atoms with Crippen molar-refractivity contribution in [1.29, 1.82) is 0 Å². The molecule has 1 aromatic heterocycles. The third-order valence-corrected chi connectivity index (χ3v) is 2.10. The van der Waals surface area contributed by atoms with Crippen LogP contribution in [0.25, 0.3) is 0 Å². The van der Waals surface area contributed by atoms with Crippen molar-refractivity contribution >= 4 is 6.01 Å². The smallest absolute Gasteiger partial charge is 0.315 e. The molecule has 86 valence electrons. The summed E-state index contributed by atoms with van der Waals surface area (Å²) in [5.41, 5.74) is 5.36. The van der Waals surface area contributed by atoms with Crippen LogP contribution in [0.3, 0.4) is 0 Å². The van der Waals surface area contributed by atoms with Crippen LogP contribution in [0.4, 0.5) is 6.01 Å². The molecular formula is C9H18N4O2. The number of rotatable bonds is 6. The SMILES string of the molecule is COCC(Nc1nnc(CN)o1)C(C)C. The Morgan fingerprint density at radius 1 is 1.47 bits per heavy atom. The summed E-state index contributed by atoms with van der Waals surface area (Å²) in [5.74, 6) is 0.843. The van der Waals surface area contributed by atoms with E-state index in [0.717, 1.165) is 0 Å². The van der Waals surface area contributed by atoms with Crippen LogP contribution in [0, 0.1) is 5.92 Å². The summed E-state index contributed by atoms with van der Waals surface area (Å²) in [5, 5.41) is 10.7. The van der Waals surface area contributed by atoms with E-state index in [1.807, 2.05) is 0 Å². The van der Waals surface area contributed by atoms with E-state index in [1.165, 1.54) is 0 Å². The number of nitrogens with one attached hydrogen (secondary N) is 1. The number of hydrogen-bond donors (Lipinski definition) is 2. The van der Waals surface area contributed by atoms with Gasteiger partial charge in [-0.25, -0.2) is 0 Å². The second-order valence-corrected chi connectivity index (χ2v) is 3.66. The number of hydrogen-bond acceptors (Lipinski definition) is 6. The summed E-state index contributed by atoms with van der Waals surface area (Å²) in [6.45, 7) is 5.04. The molecule has 1 heterocycles. The molecule has 6 nitrogen and oxygen atoms in total. The molecule has 15 heavy (non-hydrogen) atoms. The Morgan fingerprint density at radius 3 is 2.67 bits per heavy atom. The van der Waals surface area contributed by atoms with Crippen molar-refractivity contribution in [3.8, 4) is 0 Å². The Hall–Kier alpha value is -1.14. The summed E-state index contributed by atoms with van der Waals surface area (Å²) in [4.78, 5) is 0. The summed E-state index contributed by atoms with van der Waals surface area (Å²) < 4.78 is 10.3. The van der Waals surface area contributed by atoms with Crippen LogP contribution in [-0.4, -0.2) is 30.0 Å². The van der Waals surface area contributed by atoms with E-state index >= 15 is 0 Å². The van der Waals surface area contributed by atoms with Crippen molar-refractivity contribution in [2.24, 2.45) is 11.7 Å². The third kappa shape index (κ3) is 3.49. The maximum Gasteiger partial charge on any atom is 0.315 e. The van der Waals surface area contributed by atoms with Gasteiger partial charge in [0.1, 0.15) is 0 Å². The average Bonchev–Trinajstić information content (AvgIpc) is 2.65. The largest absolute Gasteiger partial charge is 0.407 e. The molecule has 0 aliphatic carbocycles. The van der Waals surface area contributed by atoms with Gasteiger partial charge in [-0.2, -0.15) is 0 Å². The first-order chi connectivity index (χ1) is 7.17. The van der Waals surface area contributed by atoms with Crippen LogP contribution in [0.2, 0.25) is 0 Å². The first kappa shape index (κ1) is 11.9. The Bertz CT molecular complexity index is 287. The minimum Gasteiger partial charge on any atom is -0.407 e. The molecule has 0 amide bonds. The fourth-order valence-corrected chi connectivity index (χ4v) is 1.13.